The smallest absolute Gasteiger partial charge is 0.263 e. The molecule has 0 saturated heterocycles. The van der Waals surface area contributed by atoms with Gasteiger partial charge < -0.3 is 0 Å². The van der Waals surface area contributed by atoms with Crippen LogP contribution in [0.15, 0.2) is 29.3 Å². The normalized spacial score (nSPS) is 11.5. The van der Waals surface area contributed by atoms with Crippen LogP contribution in [-0.2, 0) is 10.0 Å². The summed E-state index contributed by atoms with van der Waals surface area (Å²) in [6.45, 7) is 0. The first-order valence-electron chi connectivity index (χ1n) is 5.20. The van der Waals surface area contributed by atoms with Crippen molar-refractivity contribution in [2.45, 2.75) is 4.90 Å². The highest BCUT2D eigenvalue weighted by molar-refractivity contribution is 7.92. The lowest BCUT2D eigenvalue weighted by Gasteiger charge is -2.09. The predicted octanol–water partition coefficient (Wildman–Crippen LogP) is 3.61. The van der Waals surface area contributed by atoms with Crippen molar-refractivity contribution < 1.29 is 21.6 Å². The molecule has 0 atom stereocenters. The largest absolute Gasteiger partial charge is 0.276 e. The zero-order chi connectivity index (χ0) is 15.8. The molecule has 0 amide bonds. The molecule has 0 aliphatic heterocycles. The van der Waals surface area contributed by atoms with Crippen molar-refractivity contribution in [3.05, 3.63) is 52.0 Å². The van der Waals surface area contributed by atoms with E-state index in [0.717, 1.165) is 18.3 Å². The first-order valence-corrected chi connectivity index (χ1v) is 7.43. The fraction of sp³-hybridized carbons (Fsp3) is 0. The topological polar surface area (TPSA) is 59.1 Å². The van der Waals surface area contributed by atoms with E-state index in [2.05, 4.69) is 4.98 Å². The molecule has 0 spiro atoms. The minimum absolute atomic E-state index is 0.116. The van der Waals surface area contributed by atoms with E-state index in [9.17, 15) is 21.6 Å². The van der Waals surface area contributed by atoms with Crippen molar-refractivity contribution in [2.24, 2.45) is 0 Å². The molecule has 21 heavy (non-hydrogen) atoms. The van der Waals surface area contributed by atoms with Gasteiger partial charge in [0.15, 0.2) is 17.5 Å². The Kier molecular flexibility index (Phi) is 4.31. The van der Waals surface area contributed by atoms with Crippen LogP contribution in [0.5, 0.6) is 0 Å². The van der Waals surface area contributed by atoms with E-state index in [1.807, 2.05) is 0 Å². The molecule has 1 N–H and O–H groups in total. The van der Waals surface area contributed by atoms with Crippen LogP contribution in [-0.4, -0.2) is 13.4 Å². The van der Waals surface area contributed by atoms with Crippen LogP contribution >= 0.6 is 23.2 Å². The fourth-order valence-electron chi connectivity index (χ4n) is 1.36. The molecular weight excluding hydrogens is 352 g/mol. The average molecular weight is 357 g/mol. The second kappa shape index (κ2) is 5.70. The number of rotatable bonds is 3. The lowest BCUT2D eigenvalue weighted by atomic mass is 10.3. The van der Waals surface area contributed by atoms with Crippen LogP contribution in [0.2, 0.25) is 10.2 Å². The molecule has 2 aromatic rings. The molecule has 112 valence electrons. The van der Waals surface area contributed by atoms with Gasteiger partial charge in [0.25, 0.3) is 10.0 Å². The van der Waals surface area contributed by atoms with Gasteiger partial charge in [0.2, 0.25) is 0 Å². The van der Waals surface area contributed by atoms with Gasteiger partial charge in [-0.05, 0) is 18.2 Å². The molecule has 0 aliphatic rings. The Morgan fingerprint density at radius 1 is 1.10 bits per heavy atom. The summed E-state index contributed by atoms with van der Waals surface area (Å²) >= 11 is 11.2. The number of pyridine rings is 1. The van der Waals surface area contributed by atoms with Crippen molar-refractivity contribution in [1.29, 1.82) is 0 Å². The van der Waals surface area contributed by atoms with Gasteiger partial charge in [-0.1, -0.05) is 23.2 Å². The quantitative estimate of drug-likeness (QED) is 0.675. The number of aromatic nitrogens is 1. The zero-order valence-corrected chi connectivity index (χ0v) is 12.2. The molecule has 2 rings (SSSR count). The Hall–Kier alpha value is -1.51. The number of benzene rings is 1. The number of anilines is 1. The van der Waals surface area contributed by atoms with Gasteiger partial charge in [-0.15, -0.1) is 0 Å². The van der Waals surface area contributed by atoms with E-state index in [1.165, 1.54) is 0 Å². The highest BCUT2D eigenvalue weighted by atomic mass is 35.5. The third-order valence-corrected chi connectivity index (χ3v) is 4.38. The van der Waals surface area contributed by atoms with E-state index < -0.39 is 38.1 Å². The number of nitrogens with zero attached hydrogens (tertiary/aromatic N) is 1. The summed E-state index contributed by atoms with van der Waals surface area (Å²) in [5, 5.41) is -0.250. The molecule has 10 heteroatoms. The Morgan fingerprint density at radius 2 is 1.76 bits per heavy atom. The molecule has 0 bridgehead atoms. The van der Waals surface area contributed by atoms with Gasteiger partial charge in [0, 0.05) is 6.20 Å². The van der Waals surface area contributed by atoms with Crippen LogP contribution in [0.4, 0.5) is 18.9 Å². The van der Waals surface area contributed by atoms with Crippen molar-refractivity contribution >= 4 is 38.9 Å². The monoisotopic (exact) mass is 356 g/mol. The maximum Gasteiger partial charge on any atom is 0.263 e. The molecule has 0 aliphatic carbocycles. The van der Waals surface area contributed by atoms with E-state index in [-0.39, 0.29) is 10.2 Å². The standard InChI is InChI=1S/C11H5Cl2F3N2O2S/c12-6-3-5(4-17-11(6)13)21(19,20)18-8-2-1-7(14)9(15)10(8)16/h1-4,18H. The first kappa shape index (κ1) is 15.9. The molecule has 1 aromatic carbocycles. The first-order chi connectivity index (χ1) is 9.72. The van der Waals surface area contributed by atoms with Crippen molar-refractivity contribution in [1.82, 2.24) is 4.98 Å². The molecular formula is C11H5Cl2F3N2O2S. The summed E-state index contributed by atoms with van der Waals surface area (Å²) in [4.78, 5) is 3.11. The van der Waals surface area contributed by atoms with E-state index in [0.29, 0.717) is 6.07 Å². The molecule has 0 fully saturated rings. The summed E-state index contributed by atoms with van der Waals surface area (Å²) in [6, 6.07) is 2.32. The van der Waals surface area contributed by atoms with Crippen molar-refractivity contribution in [3.8, 4) is 0 Å². The Labute approximate surface area is 127 Å². The minimum Gasteiger partial charge on any atom is -0.276 e. The Morgan fingerprint density at radius 3 is 2.38 bits per heavy atom. The van der Waals surface area contributed by atoms with Gasteiger partial charge in [-0.25, -0.2) is 26.6 Å². The van der Waals surface area contributed by atoms with E-state index in [4.69, 9.17) is 23.2 Å². The van der Waals surface area contributed by atoms with Crippen molar-refractivity contribution in [3.63, 3.8) is 0 Å². The van der Waals surface area contributed by atoms with Crippen LogP contribution in [0, 0.1) is 17.5 Å². The van der Waals surface area contributed by atoms with Gasteiger partial charge in [-0.2, -0.15) is 0 Å². The van der Waals surface area contributed by atoms with Gasteiger partial charge in [0.05, 0.1) is 10.7 Å². The second-order valence-corrected chi connectivity index (χ2v) is 6.22. The highest BCUT2D eigenvalue weighted by Crippen LogP contribution is 2.25. The third-order valence-electron chi connectivity index (χ3n) is 2.36. The summed E-state index contributed by atoms with van der Waals surface area (Å²) in [6.07, 6.45) is 0.883. The average Bonchev–Trinajstić information content (AvgIpc) is 2.42. The van der Waals surface area contributed by atoms with Gasteiger partial charge in [0.1, 0.15) is 10.0 Å². The fourth-order valence-corrected chi connectivity index (χ4v) is 2.72. The molecule has 0 unspecified atom stereocenters. The zero-order valence-electron chi connectivity index (χ0n) is 9.87. The Bertz CT molecular complexity index is 815. The predicted molar refractivity (Wildman–Crippen MR) is 71.4 cm³/mol. The van der Waals surface area contributed by atoms with Crippen molar-refractivity contribution in [2.75, 3.05) is 4.72 Å². The number of hydrogen-bond donors (Lipinski definition) is 1. The van der Waals surface area contributed by atoms with Crippen LogP contribution < -0.4 is 4.72 Å². The lowest BCUT2D eigenvalue weighted by molar-refractivity contribution is 0.449. The maximum atomic E-state index is 13.4. The molecule has 0 radical (unpaired) electrons. The summed E-state index contributed by atoms with van der Waals surface area (Å²) in [5.74, 6) is -4.89. The SMILES string of the molecule is O=S(=O)(Nc1ccc(F)c(F)c1F)c1cnc(Cl)c(Cl)c1. The molecule has 1 aromatic heterocycles. The number of hydrogen-bond acceptors (Lipinski definition) is 3. The summed E-state index contributed by atoms with van der Waals surface area (Å²) in [7, 11) is -4.29. The number of nitrogens with one attached hydrogen (secondary N) is 1. The van der Waals surface area contributed by atoms with E-state index in [1.54, 1.807) is 4.72 Å². The minimum atomic E-state index is -4.29. The molecule has 0 saturated carbocycles. The maximum absolute atomic E-state index is 13.4. The number of halogens is 5. The second-order valence-electron chi connectivity index (χ2n) is 3.77. The number of sulfonamides is 1. The van der Waals surface area contributed by atoms with Crippen LogP contribution in [0.1, 0.15) is 0 Å². The molecule has 1 heterocycles. The lowest BCUT2D eigenvalue weighted by Crippen LogP contribution is -2.15. The molecule has 4 nitrogen and oxygen atoms in total. The van der Waals surface area contributed by atoms with E-state index >= 15 is 0 Å². The summed E-state index contributed by atoms with van der Waals surface area (Å²) < 4.78 is 65.0. The summed E-state index contributed by atoms with van der Waals surface area (Å²) in [5.41, 5.74) is -0.750. The highest BCUT2D eigenvalue weighted by Gasteiger charge is 2.21. The Balaban J connectivity index is 2.42. The van der Waals surface area contributed by atoms with Gasteiger partial charge in [-0.3, -0.25) is 4.72 Å². The van der Waals surface area contributed by atoms with Crippen LogP contribution in [0.3, 0.4) is 0 Å². The third kappa shape index (κ3) is 3.22. The van der Waals surface area contributed by atoms with Crippen LogP contribution in [0.25, 0.3) is 0 Å². The van der Waals surface area contributed by atoms with Gasteiger partial charge >= 0.3 is 0 Å².